The van der Waals surface area contributed by atoms with Gasteiger partial charge in [0.15, 0.2) is 0 Å². The molecule has 0 radical (unpaired) electrons. The normalized spacial score (nSPS) is 23.5. The van der Waals surface area contributed by atoms with Gasteiger partial charge in [-0.1, -0.05) is 45.0 Å². The first-order valence-electron chi connectivity index (χ1n) is 9.15. The first-order chi connectivity index (χ1) is 11.5. The largest absolute Gasteiger partial charge is 0.381 e. The summed E-state index contributed by atoms with van der Waals surface area (Å²) in [5.41, 5.74) is 2.84. The highest BCUT2D eigenvalue weighted by Gasteiger charge is 2.48. The summed E-state index contributed by atoms with van der Waals surface area (Å²) in [6.07, 6.45) is 3.03. The van der Waals surface area contributed by atoms with Crippen molar-refractivity contribution in [3.05, 3.63) is 35.4 Å². The second-order valence-electron chi connectivity index (χ2n) is 7.94. The molecule has 1 aromatic carbocycles. The van der Waals surface area contributed by atoms with Crippen molar-refractivity contribution in [3.63, 3.8) is 0 Å². The van der Waals surface area contributed by atoms with Gasteiger partial charge in [0.25, 0.3) is 0 Å². The van der Waals surface area contributed by atoms with E-state index in [1.165, 1.54) is 11.1 Å². The van der Waals surface area contributed by atoms with Crippen LogP contribution in [0.25, 0.3) is 0 Å². The van der Waals surface area contributed by atoms with Crippen LogP contribution in [-0.2, 0) is 21.5 Å². The van der Waals surface area contributed by atoms with E-state index >= 15 is 0 Å². The van der Waals surface area contributed by atoms with Gasteiger partial charge in [0, 0.05) is 31.7 Å². The molecule has 1 spiro atoms. The van der Waals surface area contributed by atoms with E-state index in [-0.39, 0.29) is 22.8 Å². The number of hydrogen-bond donors (Lipinski definition) is 2. The molecule has 1 aromatic rings. The molecule has 2 N–H and O–H groups in total. The Balaban J connectivity index is 1.65. The molecule has 1 amide bonds. The third-order valence-electron chi connectivity index (χ3n) is 6.11. The van der Waals surface area contributed by atoms with Gasteiger partial charge in [-0.05, 0) is 35.8 Å². The van der Waals surface area contributed by atoms with Gasteiger partial charge in [-0.25, -0.2) is 0 Å². The van der Waals surface area contributed by atoms with E-state index in [1.54, 1.807) is 0 Å². The smallest absolute Gasteiger partial charge is 0.237 e. The highest BCUT2D eigenvalue weighted by atomic mass is 16.5. The quantitative estimate of drug-likeness (QED) is 0.873. The van der Waals surface area contributed by atoms with Crippen molar-refractivity contribution >= 4 is 5.91 Å². The number of ether oxygens (including phenoxy) is 1. The van der Waals surface area contributed by atoms with Crippen molar-refractivity contribution in [3.8, 4) is 0 Å². The molecule has 3 rings (SSSR count). The van der Waals surface area contributed by atoms with E-state index in [9.17, 15) is 4.79 Å². The van der Waals surface area contributed by atoms with Crippen molar-refractivity contribution in [1.82, 2.24) is 10.6 Å². The number of amides is 1. The highest BCUT2D eigenvalue weighted by molar-refractivity contribution is 5.85. The third-order valence-corrected chi connectivity index (χ3v) is 6.11. The van der Waals surface area contributed by atoms with Crippen LogP contribution in [0.1, 0.15) is 51.2 Å². The minimum Gasteiger partial charge on any atom is -0.381 e. The van der Waals surface area contributed by atoms with Gasteiger partial charge in [-0.15, -0.1) is 0 Å². The third kappa shape index (κ3) is 3.35. The van der Waals surface area contributed by atoms with E-state index in [2.05, 4.69) is 55.7 Å². The zero-order chi connectivity index (χ0) is 17.2. The second kappa shape index (κ2) is 6.85. The molecule has 1 unspecified atom stereocenters. The summed E-state index contributed by atoms with van der Waals surface area (Å²) in [6.45, 7) is 9.80. The maximum Gasteiger partial charge on any atom is 0.237 e. The molecule has 132 valence electrons. The van der Waals surface area contributed by atoms with Crippen LogP contribution >= 0.6 is 0 Å². The van der Waals surface area contributed by atoms with Crippen molar-refractivity contribution in [1.29, 1.82) is 0 Å². The maximum atomic E-state index is 12.3. The molecule has 2 saturated heterocycles. The fraction of sp³-hybridized carbons (Fsp3) is 0.650. The molecule has 0 bridgehead atoms. The Bertz CT molecular complexity index is 574. The zero-order valence-corrected chi connectivity index (χ0v) is 15.2. The first kappa shape index (κ1) is 17.4. The molecule has 24 heavy (non-hydrogen) atoms. The van der Waals surface area contributed by atoms with Crippen molar-refractivity contribution in [2.24, 2.45) is 5.41 Å². The van der Waals surface area contributed by atoms with Crippen molar-refractivity contribution in [2.75, 3.05) is 19.8 Å². The van der Waals surface area contributed by atoms with E-state index < -0.39 is 0 Å². The van der Waals surface area contributed by atoms with Gasteiger partial charge in [-0.3, -0.25) is 4.79 Å². The Morgan fingerprint density at radius 2 is 1.92 bits per heavy atom. The molecule has 0 saturated carbocycles. The molecule has 2 heterocycles. The van der Waals surface area contributed by atoms with Crippen LogP contribution in [0.2, 0.25) is 0 Å². The molecule has 1 atom stereocenters. The Kier molecular flexibility index (Phi) is 4.97. The van der Waals surface area contributed by atoms with Crippen LogP contribution < -0.4 is 10.6 Å². The van der Waals surface area contributed by atoms with Gasteiger partial charge < -0.3 is 15.4 Å². The summed E-state index contributed by atoms with van der Waals surface area (Å²) in [5.74, 6) is 0.139. The molecule has 2 aliphatic rings. The summed E-state index contributed by atoms with van der Waals surface area (Å²) in [4.78, 5) is 12.3. The van der Waals surface area contributed by atoms with Crippen molar-refractivity contribution < 1.29 is 9.53 Å². The van der Waals surface area contributed by atoms with Crippen LogP contribution in [-0.4, -0.2) is 31.7 Å². The van der Waals surface area contributed by atoms with Crippen LogP contribution in [0.4, 0.5) is 0 Å². The molecule has 4 nitrogen and oxygen atoms in total. The van der Waals surface area contributed by atoms with E-state index in [0.717, 1.165) is 45.6 Å². The van der Waals surface area contributed by atoms with Crippen LogP contribution in [0.3, 0.4) is 0 Å². The summed E-state index contributed by atoms with van der Waals surface area (Å²) in [7, 11) is 0. The minimum absolute atomic E-state index is 0.0273. The summed E-state index contributed by atoms with van der Waals surface area (Å²) < 4.78 is 5.49. The number of rotatable bonds is 5. The maximum absolute atomic E-state index is 12.3. The molecular formula is C20H30N2O2. The van der Waals surface area contributed by atoms with Gasteiger partial charge in [-0.2, -0.15) is 0 Å². The fourth-order valence-corrected chi connectivity index (χ4v) is 3.80. The first-order valence-corrected chi connectivity index (χ1v) is 9.15. The summed E-state index contributed by atoms with van der Waals surface area (Å²) in [6, 6.07) is 8.71. The lowest BCUT2D eigenvalue weighted by Gasteiger charge is -2.37. The fourth-order valence-electron chi connectivity index (χ4n) is 3.80. The molecule has 0 aromatic heterocycles. The lowest BCUT2D eigenvalue weighted by atomic mass is 9.76. The predicted molar refractivity (Wildman–Crippen MR) is 95.9 cm³/mol. The topological polar surface area (TPSA) is 50.4 Å². The number of carbonyl (C=O) groups excluding carboxylic acids is 1. The Morgan fingerprint density at radius 3 is 2.54 bits per heavy atom. The number of nitrogens with one attached hydrogen (secondary N) is 2. The van der Waals surface area contributed by atoms with Gasteiger partial charge in [0.05, 0.1) is 6.04 Å². The molecule has 4 heteroatoms. The van der Waals surface area contributed by atoms with Gasteiger partial charge in [0.1, 0.15) is 0 Å². The average molecular weight is 330 g/mol. The average Bonchev–Trinajstić information content (AvgIpc) is 2.89. The lowest BCUT2D eigenvalue weighted by molar-refractivity contribution is -0.122. The zero-order valence-electron chi connectivity index (χ0n) is 15.2. The summed E-state index contributed by atoms with van der Waals surface area (Å²) in [5, 5.41) is 6.56. The van der Waals surface area contributed by atoms with Crippen LogP contribution in [0, 0.1) is 5.41 Å². The molecule has 0 aliphatic carbocycles. The number of carbonyl (C=O) groups is 1. The van der Waals surface area contributed by atoms with Crippen LogP contribution in [0.5, 0.6) is 0 Å². The standard InChI is InChI=1S/C20H30N2O2/c1-4-19(2,3)16-7-5-15(6-8-16)13-21-17-18(23)22-14-20(17)9-11-24-12-10-20/h5-8,17,21H,4,9-14H2,1-3H3,(H,22,23). The molecule has 2 fully saturated rings. The Hall–Kier alpha value is -1.39. The monoisotopic (exact) mass is 330 g/mol. The van der Waals surface area contributed by atoms with E-state index in [1.807, 2.05) is 0 Å². The predicted octanol–water partition coefficient (Wildman–Crippen LogP) is 2.76. The second-order valence-corrected chi connectivity index (χ2v) is 7.94. The Morgan fingerprint density at radius 1 is 1.25 bits per heavy atom. The van der Waals surface area contributed by atoms with Crippen molar-refractivity contribution in [2.45, 2.75) is 58.0 Å². The van der Waals surface area contributed by atoms with E-state index in [0.29, 0.717) is 0 Å². The molecular weight excluding hydrogens is 300 g/mol. The summed E-state index contributed by atoms with van der Waals surface area (Å²) >= 11 is 0. The minimum atomic E-state index is -0.104. The number of benzene rings is 1. The SMILES string of the molecule is CCC(C)(C)c1ccc(CNC2C(=O)NCC23CCOCC3)cc1. The lowest BCUT2D eigenvalue weighted by Crippen LogP contribution is -2.49. The van der Waals surface area contributed by atoms with Gasteiger partial charge in [0.2, 0.25) is 5.91 Å². The van der Waals surface area contributed by atoms with Crippen LogP contribution in [0.15, 0.2) is 24.3 Å². The van der Waals surface area contributed by atoms with E-state index in [4.69, 9.17) is 4.74 Å². The molecule has 2 aliphatic heterocycles. The highest BCUT2D eigenvalue weighted by Crippen LogP contribution is 2.37. The number of hydrogen-bond acceptors (Lipinski definition) is 3. The van der Waals surface area contributed by atoms with Gasteiger partial charge >= 0.3 is 0 Å². The Labute approximate surface area is 145 Å².